The van der Waals surface area contributed by atoms with E-state index < -0.39 is 15.8 Å². The first kappa shape index (κ1) is 13.4. The lowest BCUT2D eigenvalue weighted by Crippen LogP contribution is -2.39. The number of sulfone groups is 1. The van der Waals surface area contributed by atoms with E-state index in [9.17, 15) is 13.2 Å². The third kappa shape index (κ3) is 4.49. The molecule has 0 spiro atoms. The molecule has 1 heterocycles. The van der Waals surface area contributed by atoms with Gasteiger partial charge < -0.3 is 10.0 Å². The summed E-state index contributed by atoms with van der Waals surface area (Å²) in [6.45, 7) is 0.719. The zero-order chi connectivity index (χ0) is 12.2. The van der Waals surface area contributed by atoms with Gasteiger partial charge in [0.2, 0.25) is 0 Å². The average Bonchev–Trinajstić information content (AvgIpc) is 2.16. The van der Waals surface area contributed by atoms with Gasteiger partial charge in [-0.1, -0.05) is 0 Å². The van der Waals surface area contributed by atoms with E-state index in [4.69, 9.17) is 5.11 Å². The van der Waals surface area contributed by atoms with Crippen molar-refractivity contribution in [3.8, 4) is 0 Å². The highest BCUT2D eigenvalue weighted by Gasteiger charge is 2.25. The minimum atomic E-state index is -2.80. The molecule has 0 radical (unpaired) electrons. The molecule has 1 aliphatic rings. The van der Waals surface area contributed by atoms with Crippen LogP contribution >= 0.6 is 0 Å². The molecule has 0 atom stereocenters. The molecule has 1 aliphatic heterocycles. The summed E-state index contributed by atoms with van der Waals surface area (Å²) < 4.78 is 22.5. The van der Waals surface area contributed by atoms with E-state index >= 15 is 0 Å². The first-order valence-electron chi connectivity index (χ1n) is 5.53. The largest absolute Gasteiger partial charge is 0.481 e. The number of carbonyl (C=O) groups is 1. The predicted molar refractivity (Wildman–Crippen MR) is 61.2 cm³/mol. The number of rotatable bonds is 5. The van der Waals surface area contributed by atoms with Gasteiger partial charge in [-0.25, -0.2) is 8.42 Å². The molecule has 0 saturated carbocycles. The monoisotopic (exact) mass is 249 g/mol. The molecule has 1 fully saturated rings. The Morgan fingerprint density at radius 2 is 1.94 bits per heavy atom. The standard InChI is InChI=1S/C10H19NO4S/c1-11(6-2-3-10(12)13)9-4-7-16(14,15)8-5-9/h9H,2-8H2,1H3,(H,12,13). The molecule has 16 heavy (non-hydrogen) atoms. The Bertz CT molecular complexity index is 325. The van der Waals surface area contributed by atoms with E-state index in [1.54, 1.807) is 0 Å². The van der Waals surface area contributed by atoms with E-state index in [0.29, 0.717) is 19.3 Å². The summed E-state index contributed by atoms with van der Waals surface area (Å²) in [6, 6.07) is 0.289. The lowest BCUT2D eigenvalue weighted by molar-refractivity contribution is -0.137. The number of hydrogen-bond donors (Lipinski definition) is 1. The van der Waals surface area contributed by atoms with Crippen molar-refractivity contribution in [3.63, 3.8) is 0 Å². The van der Waals surface area contributed by atoms with Crippen molar-refractivity contribution in [2.45, 2.75) is 31.7 Å². The van der Waals surface area contributed by atoms with Crippen molar-refractivity contribution in [1.29, 1.82) is 0 Å². The van der Waals surface area contributed by atoms with Crippen LogP contribution in [0.2, 0.25) is 0 Å². The Morgan fingerprint density at radius 3 is 2.44 bits per heavy atom. The number of hydrogen-bond acceptors (Lipinski definition) is 4. The molecule has 0 unspecified atom stereocenters. The van der Waals surface area contributed by atoms with Gasteiger partial charge >= 0.3 is 5.97 Å². The number of nitrogens with zero attached hydrogens (tertiary/aromatic N) is 1. The van der Waals surface area contributed by atoms with Crippen LogP contribution in [-0.2, 0) is 14.6 Å². The zero-order valence-electron chi connectivity index (χ0n) is 9.55. The minimum Gasteiger partial charge on any atom is -0.481 e. The van der Waals surface area contributed by atoms with Crippen LogP contribution in [0.5, 0.6) is 0 Å². The Kier molecular flexibility index (Phi) is 4.73. The lowest BCUT2D eigenvalue weighted by Gasteiger charge is -2.30. The fourth-order valence-electron chi connectivity index (χ4n) is 1.98. The minimum absolute atomic E-state index is 0.176. The van der Waals surface area contributed by atoms with Gasteiger partial charge in [-0.2, -0.15) is 0 Å². The van der Waals surface area contributed by atoms with Gasteiger partial charge in [0.25, 0.3) is 0 Å². The molecule has 0 bridgehead atoms. The van der Waals surface area contributed by atoms with Gasteiger partial charge in [0, 0.05) is 12.5 Å². The number of carboxylic acid groups (broad SMARTS) is 1. The van der Waals surface area contributed by atoms with E-state index in [1.165, 1.54) is 0 Å². The van der Waals surface area contributed by atoms with Crippen LogP contribution in [0.3, 0.4) is 0 Å². The Hall–Kier alpha value is -0.620. The summed E-state index contributed by atoms with van der Waals surface area (Å²) in [6.07, 6.45) is 2.14. The van der Waals surface area contributed by atoms with Crippen molar-refractivity contribution in [2.75, 3.05) is 25.1 Å². The fourth-order valence-corrected chi connectivity index (χ4v) is 3.45. The maximum Gasteiger partial charge on any atom is 0.303 e. The van der Waals surface area contributed by atoms with Crippen LogP contribution in [0, 0.1) is 0 Å². The lowest BCUT2D eigenvalue weighted by atomic mass is 10.1. The Morgan fingerprint density at radius 1 is 1.38 bits per heavy atom. The van der Waals surface area contributed by atoms with E-state index in [2.05, 4.69) is 4.90 Å². The van der Waals surface area contributed by atoms with Crippen LogP contribution in [0.4, 0.5) is 0 Å². The average molecular weight is 249 g/mol. The van der Waals surface area contributed by atoms with Gasteiger partial charge in [-0.05, 0) is 32.9 Å². The molecule has 6 heteroatoms. The molecule has 0 aromatic heterocycles. The first-order chi connectivity index (χ1) is 7.41. The maximum atomic E-state index is 11.2. The molecule has 1 N–H and O–H groups in total. The highest BCUT2D eigenvalue weighted by atomic mass is 32.2. The SMILES string of the molecule is CN(CCCC(=O)O)C1CCS(=O)(=O)CC1. The van der Waals surface area contributed by atoms with Crippen molar-refractivity contribution in [3.05, 3.63) is 0 Å². The Labute approximate surface area is 96.4 Å². The second-order valence-electron chi connectivity index (χ2n) is 4.36. The van der Waals surface area contributed by atoms with Crippen LogP contribution in [0.1, 0.15) is 25.7 Å². The summed E-state index contributed by atoms with van der Waals surface area (Å²) in [5, 5.41) is 8.51. The highest BCUT2D eigenvalue weighted by Crippen LogP contribution is 2.17. The zero-order valence-corrected chi connectivity index (χ0v) is 10.4. The molecule has 1 rings (SSSR count). The highest BCUT2D eigenvalue weighted by molar-refractivity contribution is 7.91. The van der Waals surface area contributed by atoms with Crippen LogP contribution in [0.25, 0.3) is 0 Å². The second-order valence-corrected chi connectivity index (χ2v) is 6.66. The van der Waals surface area contributed by atoms with Crippen molar-refractivity contribution in [2.24, 2.45) is 0 Å². The first-order valence-corrected chi connectivity index (χ1v) is 7.35. The topological polar surface area (TPSA) is 74.7 Å². The summed E-state index contributed by atoms with van der Waals surface area (Å²) in [4.78, 5) is 12.4. The van der Waals surface area contributed by atoms with E-state index in [1.807, 2.05) is 7.05 Å². The number of aliphatic carboxylic acids is 1. The maximum absolute atomic E-state index is 11.2. The van der Waals surface area contributed by atoms with Gasteiger partial charge in [-0.15, -0.1) is 0 Å². The molecule has 0 aliphatic carbocycles. The fraction of sp³-hybridized carbons (Fsp3) is 0.900. The summed E-state index contributed by atoms with van der Waals surface area (Å²) >= 11 is 0. The van der Waals surface area contributed by atoms with Crippen molar-refractivity contribution in [1.82, 2.24) is 4.90 Å². The normalized spacial score (nSPS) is 21.1. The Balaban J connectivity index is 2.28. The quantitative estimate of drug-likeness (QED) is 0.761. The van der Waals surface area contributed by atoms with Crippen molar-refractivity contribution >= 4 is 15.8 Å². The summed E-state index contributed by atoms with van der Waals surface area (Å²) in [5.41, 5.74) is 0. The van der Waals surface area contributed by atoms with Crippen LogP contribution in [-0.4, -0.2) is 55.5 Å². The molecular formula is C10H19NO4S. The predicted octanol–water partition coefficient (Wildman–Crippen LogP) is 0.360. The summed E-state index contributed by atoms with van der Waals surface area (Å²) in [5.74, 6) is -0.248. The molecule has 5 nitrogen and oxygen atoms in total. The second kappa shape index (κ2) is 5.63. The van der Waals surface area contributed by atoms with Gasteiger partial charge in [0.1, 0.15) is 9.84 Å². The summed E-state index contributed by atoms with van der Waals surface area (Å²) in [7, 11) is -0.869. The van der Waals surface area contributed by atoms with Crippen LogP contribution in [0.15, 0.2) is 0 Å². The molecule has 0 aromatic carbocycles. The molecule has 0 aromatic rings. The van der Waals surface area contributed by atoms with Crippen LogP contribution < -0.4 is 0 Å². The van der Waals surface area contributed by atoms with Crippen molar-refractivity contribution < 1.29 is 18.3 Å². The van der Waals surface area contributed by atoms with Gasteiger partial charge in [0.15, 0.2) is 0 Å². The number of carboxylic acids is 1. The third-order valence-corrected chi connectivity index (χ3v) is 4.76. The third-order valence-electron chi connectivity index (χ3n) is 3.05. The van der Waals surface area contributed by atoms with E-state index in [0.717, 1.165) is 6.54 Å². The molecule has 1 saturated heterocycles. The molecular weight excluding hydrogens is 230 g/mol. The van der Waals surface area contributed by atoms with Gasteiger partial charge in [0.05, 0.1) is 11.5 Å². The van der Waals surface area contributed by atoms with E-state index in [-0.39, 0.29) is 24.0 Å². The molecule has 94 valence electrons. The smallest absolute Gasteiger partial charge is 0.303 e. The van der Waals surface area contributed by atoms with Gasteiger partial charge in [-0.3, -0.25) is 4.79 Å². The molecule has 0 amide bonds.